The molecule has 0 saturated heterocycles. The Balaban J connectivity index is 1.51. The standard InChI is InChI=1S/C21H25NO4S/c1-14-6-8-17(9-7-14)27(24)11-5-4-10-25-20-15(2)12-19-18(16(20)3)13-26-21(23)22-19/h6-9,12H,4-5,10-11,13H2,1-3H3,(H,22,23). The fourth-order valence-electron chi connectivity index (χ4n) is 3.12. The summed E-state index contributed by atoms with van der Waals surface area (Å²) in [7, 11) is 0. The van der Waals surface area contributed by atoms with Gasteiger partial charge in [0.05, 0.1) is 12.3 Å². The molecule has 0 saturated carbocycles. The van der Waals surface area contributed by atoms with E-state index < -0.39 is 17.3 Å². The fourth-order valence-corrected chi connectivity index (χ4v) is 4.27. The second-order valence-corrected chi connectivity index (χ2v) is 8.36. The maximum Gasteiger partial charge on any atom is 0.411 e. The van der Waals surface area contributed by atoms with E-state index in [2.05, 4.69) is 5.32 Å². The van der Waals surface area contributed by atoms with Crippen molar-refractivity contribution in [1.82, 2.24) is 0 Å². The molecular weight excluding hydrogens is 362 g/mol. The van der Waals surface area contributed by atoms with Crippen LogP contribution in [0, 0.1) is 20.8 Å². The Morgan fingerprint density at radius 3 is 2.67 bits per heavy atom. The number of fused-ring (bicyclic) bond motifs is 1. The minimum atomic E-state index is -0.966. The first-order valence-corrected chi connectivity index (χ1v) is 10.4. The molecule has 0 spiro atoms. The van der Waals surface area contributed by atoms with E-state index in [4.69, 9.17) is 9.47 Å². The number of hydrogen-bond donors (Lipinski definition) is 1. The lowest BCUT2D eigenvalue weighted by atomic mass is 10.0. The van der Waals surface area contributed by atoms with Gasteiger partial charge in [-0.25, -0.2) is 4.79 Å². The quantitative estimate of drug-likeness (QED) is 0.555. The van der Waals surface area contributed by atoms with Gasteiger partial charge in [0.15, 0.2) is 4.90 Å². The van der Waals surface area contributed by atoms with Crippen molar-refractivity contribution < 1.29 is 18.8 Å². The van der Waals surface area contributed by atoms with E-state index in [1.165, 1.54) is 5.56 Å². The third kappa shape index (κ3) is 4.76. The lowest BCUT2D eigenvalue weighted by Crippen LogP contribution is -2.21. The van der Waals surface area contributed by atoms with E-state index in [-0.39, 0.29) is 6.61 Å². The summed E-state index contributed by atoms with van der Waals surface area (Å²) >= 11 is -0.966. The summed E-state index contributed by atoms with van der Waals surface area (Å²) in [5, 5.41) is 2.73. The highest BCUT2D eigenvalue weighted by Crippen LogP contribution is 2.34. The summed E-state index contributed by atoms with van der Waals surface area (Å²) in [6.07, 6.45) is 1.25. The van der Waals surface area contributed by atoms with Gasteiger partial charge in [0.2, 0.25) is 0 Å². The number of carbonyl (C=O) groups excluding carboxylic acids is 1. The van der Waals surface area contributed by atoms with Gasteiger partial charge in [-0.2, -0.15) is 0 Å². The Hall–Kier alpha value is -2.18. The molecule has 1 unspecified atom stereocenters. The molecule has 3 rings (SSSR count). The van der Waals surface area contributed by atoms with Gasteiger partial charge in [-0.1, -0.05) is 17.7 Å². The fraction of sp³-hybridized carbons (Fsp3) is 0.381. The number of ether oxygens (including phenoxy) is 2. The highest BCUT2D eigenvalue weighted by atomic mass is 32.2. The molecule has 1 heterocycles. The normalized spacial score (nSPS) is 14.1. The van der Waals surface area contributed by atoms with E-state index in [1.54, 1.807) is 0 Å². The van der Waals surface area contributed by atoms with Crippen molar-refractivity contribution in [3.8, 4) is 5.75 Å². The third-order valence-electron chi connectivity index (χ3n) is 4.68. The van der Waals surface area contributed by atoms with E-state index in [0.717, 1.165) is 45.9 Å². The summed E-state index contributed by atoms with van der Waals surface area (Å²) in [4.78, 5) is 12.2. The predicted octanol–water partition coefficient (Wildman–Crippen LogP) is 4.64. The number of cyclic esters (lactones) is 1. The van der Waals surface area contributed by atoms with Crippen LogP contribution in [0.4, 0.5) is 10.5 Å². The Labute approximate surface area is 163 Å². The molecule has 0 aliphatic carbocycles. The largest absolute Gasteiger partial charge is 0.611 e. The highest BCUT2D eigenvalue weighted by molar-refractivity contribution is 7.91. The minimum absolute atomic E-state index is 0.263. The first-order valence-electron chi connectivity index (χ1n) is 9.10. The number of benzene rings is 2. The van der Waals surface area contributed by atoms with Crippen molar-refractivity contribution in [3.05, 3.63) is 52.6 Å². The van der Waals surface area contributed by atoms with Gasteiger partial charge in [0.25, 0.3) is 0 Å². The van der Waals surface area contributed by atoms with Crippen LogP contribution in [-0.2, 0) is 22.5 Å². The zero-order valence-corrected chi connectivity index (χ0v) is 16.8. The average Bonchev–Trinajstić information content (AvgIpc) is 2.64. The number of amides is 1. The number of rotatable bonds is 7. The molecule has 0 aromatic heterocycles. The summed E-state index contributed by atoms with van der Waals surface area (Å²) < 4.78 is 23.4. The van der Waals surface area contributed by atoms with Crippen molar-refractivity contribution in [2.24, 2.45) is 0 Å². The lowest BCUT2D eigenvalue weighted by Gasteiger charge is -2.23. The first-order chi connectivity index (χ1) is 13.0. The zero-order valence-electron chi connectivity index (χ0n) is 16.0. The van der Waals surface area contributed by atoms with Gasteiger partial charge in [0.1, 0.15) is 18.1 Å². The number of nitrogens with one attached hydrogen (secondary N) is 1. The van der Waals surface area contributed by atoms with Crippen LogP contribution < -0.4 is 10.1 Å². The van der Waals surface area contributed by atoms with E-state index >= 15 is 0 Å². The maximum absolute atomic E-state index is 12.3. The number of hydrogen-bond acceptors (Lipinski definition) is 4. The number of carbonyl (C=O) groups is 1. The molecule has 2 aromatic rings. The number of unbranched alkanes of at least 4 members (excludes halogenated alkanes) is 1. The molecule has 1 amide bonds. The van der Waals surface area contributed by atoms with Crippen LogP contribution >= 0.6 is 0 Å². The van der Waals surface area contributed by atoms with Gasteiger partial charge >= 0.3 is 6.09 Å². The summed E-state index contributed by atoms with van der Waals surface area (Å²) in [6.45, 7) is 6.80. The second-order valence-electron chi connectivity index (χ2n) is 6.79. The zero-order chi connectivity index (χ0) is 19.4. The molecule has 0 fully saturated rings. The highest BCUT2D eigenvalue weighted by Gasteiger charge is 2.21. The van der Waals surface area contributed by atoms with Gasteiger partial charge in [0, 0.05) is 5.56 Å². The summed E-state index contributed by atoms with van der Waals surface area (Å²) in [6, 6.07) is 9.77. The van der Waals surface area contributed by atoms with Crippen molar-refractivity contribution in [1.29, 1.82) is 0 Å². The molecular formula is C21H25NO4S. The Morgan fingerprint density at radius 1 is 1.19 bits per heavy atom. The average molecular weight is 388 g/mol. The Kier molecular flexibility index (Phi) is 6.29. The van der Waals surface area contributed by atoms with Crippen LogP contribution in [0.15, 0.2) is 35.2 Å². The SMILES string of the molecule is Cc1ccc([S+]([O-])CCCCOc2c(C)cc3c(c2C)COC(=O)N3)cc1. The van der Waals surface area contributed by atoms with Crippen LogP contribution in [0.5, 0.6) is 5.75 Å². The van der Waals surface area contributed by atoms with Crippen LogP contribution in [0.25, 0.3) is 0 Å². The van der Waals surface area contributed by atoms with E-state index in [0.29, 0.717) is 12.4 Å². The van der Waals surface area contributed by atoms with Gasteiger partial charge in [-0.05, 0) is 74.1 Å². The molecule has 6 heteroatoms. The molecule has 1 aliphatic rings. The van der Waals surface area contributed by atoms with Gasteiger partial charge in [-0.3, -0.25) is 5.32 Å². The predicted molar refractivity (Wildman–Crippen MR) is 107 cm³/mol. The van der Waals surface area contributed by atoms with Crippen LogP contribution in [0.2, 0.25) is 0 Å². The minimum Gasteiger partial charge on any atom is -0.611 e. The lowest BCUT2D eigenvalue weighted by molar-refractivity contribution is 0.151. The Morgan fingerprint density at radius 2 is 1.93 bits per heavy atom. The molecule has 27 heavy (non-hydrogen) atoms. The van der Waals surface area contributed by atoms with E-state index in [9.17, 15) is 9.35 Å². The van der Waals surface area contributed by atoms with Crippen molar-refractivity contribution in [2.45, 2.75) is 45.1 Å². The first kappa shape index (κ1) is 19.6. The Bertz CT molecular complexity index is 820. The molecule has 1 N–H and O–H groups in total. The third-order valence-corrected chi connectivity index (χ3v) is 6.13. The summed E-state index contributed by atoms with van der Waals surface area (Å²) in [5.41, 5.74) is 4.90. The molecule has 0 bridgehead atoms. The van der Waals surface area contributed by atoms with Crippen LogP contribution in [0.3, 0.4) is 0 Å². The topological polar surface area (TPSA) is 70.6 Å². The van der Waals surface area contributed by atoms with Gasteiger partial charge in [-0.15, -0.1) is 0 Å². The molecule has 1 atom stereocenters. The van der Waals surface area contributed by atoms with Crippen LogP contribution in [0.1, 0.15) is 35.1 Å². The smallest absolute Gasteiger partial charge is 0.411 e. The maximum atomic E-state index is 12.3. The summed E-state index contributed by atoms with van der Waals surface area (Å²) in [5.74, 6) is 1.47. The van der Waals surface area contributed by atoms with Crippen LogP contribution in [-0.4, -0.2) is 23.0 Å². The molecule has 1 aliphatic heterocycles. The molecule has 144 valence electrons. The number of anilines is 1. The molecule has 5 nitrogen and oxygen atoms in total. The van der Waals surface area contributed by atoms with E-state index in [1.807, 2.05) is 51.1 Å². The molecule has 0 radical (unpaired) electrons. The number of aryl methyl sites for hydroxylation is 2. The monoisotopic (exact) mass is 387 g/mol. The second kappa shape index (κ2) is 8.67. The van der Waals surface area contributed by atoms with Crippen molar-refractivity contribution in [2.75, 3.05) is 17.7 Å². The van der Waals surface area contributed by atoms with Crippen molar-refractivity contribution >= 4 is 23.0 Å². The molecule has 2 aromatic carbocycles. The van der Waals surface area contributed by atoms with Gasteiger partial charge < -0.3 is 14.0 Å². The van der Waals surface area contributed by atoms with Crippen molar-refractivity contribution in [3.63, 3.8) is 0 Å².